The topological polar surface area (TPSA) is 92.8 Å². The van der Waals surface area contributed by atoms with Crippen molar-refractivity contribution in [3.8, 4) is 0 Å². The highest BCUT2D eigenvalue weighted by molar-refractivity contribution is 6.35. The normalized spacial score (nSPS) is 23.0. The zero-order valence-electron chi connectivity index (χ0n) is 21.8. The molecule has 9 heteroatoms. The van der Waals surface area contributed by atoms with E-state index in [4.69, 9.17) is 27.9 Å². The van der Waals surface area contributed by atoms with E-state index in [-0.39, 0.29) is 34.4 Å². The Kier molecular flexibility index (Phi) is 6.67. The Morgan fingerprint density at radius 1 is 0.850 bits per heavy atom. The number of esters is 1. The standard InChI is InChI=1S/C31H26Cl2N2O5/c1-15(2)28(31(39)40-14-23(36)34-22-13-16(32)11-12-21(22)33)35-29(37)26-24-17-7-3-4-8-18(17)25(27(26)30(35)38)20-10-6-5-9-19(20)24/h3-13,15,24-28H,14H2,1-2H3,(H,34,36)/t24?,25?,26-,27+,28-/m0/s1. The number of carbonyl (C=O) groups excluding carboxylic acids is 4. The van der Waals surface area contributed by atoms with Gasteiger partial charge in [-0.3, -0.25) is 19.3 Å². The fourth-order valence-corrected chi connectivity index (χ4v) is 6.99. The Morgan fingerprint density at radius 2 is 1.35 bits per heavy atom. The first-order valence-corrected chi connectivity index (χ1v) is 13.9. The van der Waals surface area contributed by atoms with Crippen LogP contribution < -0.4 is 5.32 Å². The van der Waals surface area contributed by atoms with Crippen LogP contribution in [-0.2, 0) is 23.9 Å². The van der Waals surface area contributed by atoms with Crippen LogP contribution >= 0.6 is 23.2 Å². The number of halogens is 2. The minimum absolute atomic E-state index is 0.275. The third-order valence-electron chi connectivity index (χ3n) is 8.18. The average molecular weight is 577 g/mol. The number of rotatable bonds is 6. The van der Waals surface area contributed by atoms with Crippen molar-refractivity contribution < 1.29 is 23.9 Å². The molecule has 1 aliphatic heterocycles. The Labute approximate surface area is 241 Å². The molecule has 0 unspecified atom stereocenters. The van der Waals surface area contributed by atoms with Crippen molar-refractivity contribution in [1.29, 1.82) is 0 Å². The van der Waals surface area contributed by atoms with Gasteiger partial charge in [-0.25, -0.2) is 4.79 Å². The van der Waals surface area contributed by atoms with Crippen molar-refractivity contribution in [2.45, 2.75) is 31.7 Å². The van der Waals surface area contributed by atoms with E-state index >= 15 is 0 Å². The lowest BCUT2D eigenvalue weighted by molar-refractivity contribution is -0.162. The molecular weight excluding hydrogens is 551 g/mol. The van der Waals surface area contributed by atoms with E-state index in [1.54, 1.807) is 19.9 Å². The third kappa shape index (κ3) is 4.11. The van der Waals surface area contributed by atoms with Gasteiger partial charge in [-0.15, -0.1) is 0 Å². The molecule has 2 bridgehead atoms. The van der Waals surface area contributed by atoms with Crippen molar-refractivity contribution in [1.82, 2.24) is 4.90 Å². The number of amides is 3. The number of nitrogens with zero attached hydrogens (tertiary/aromatic N) is 1. The molecule has 1 fully saturated rings. The predicted octanol–water partition coefficient (Wildman–Crippen LogP) is 5.39. The smallest absolute Gasteiger partial charge is 0.330 e. The number of benzene rings is 3. The summed E-state index contributed by atoms with van der Waals surface area (Å²) in [4.78, 5) is 55.1. The van der Waals surface area contributed by atoms with Crippen LogP contribution in [0.4, 0.5) is 5.69 Å². The second-order valence-electron chi connectivity index (χ2n) is 10.8. The van der Waals surface area contributed by atoms with Gasteiger partial charge in [0, 0.05) is 16.9 Å². The van der Waals surface area contributed by atoms with Crippen molar-refractivity contribution in [3.05, 3.63) is 99.0 Å². The van der Waals surface area contributed by atoms with Gasteiger partial charge in [0.2, 0.25) is 11.8 Å². The van der Waals surface area contributed by atoms with Gasteiger partial charge in [0.25, 0.3) is 5.91 Å². The highest BCUT2D eigenvalue weighted by Gasteiger charge is 2.63. The molecule has 1 N–H and O–H groups in total. The number of anilines is 1. The van der Waals surface area contributed by atoms with Gasteiger partial charge in [-0.2, -0.15) is 0 Å². The number of ether oxygens (including phenoxy) is 1. The average Bonchev–Trinajstić information content (AvgIpc) is 3.20. The molecule has 1 saturated heterocycles. The van der Waals surface area contributed by atoms with Crippen LogP contribution in [0.25, 0.3) is 0 Å². The molecular formula is C31H26Cl2N2O5. The zero-order valence-corrected chi connectivity index (χ0v) is 23.3. The summed E-state index contributed by atoms with van der Waals surface area (Å²) >= 11 is 12.1. The van der Waals surface area contributed by atoms with E-state index < -0.39 is 42.3 Å². The summed E-state index contributed by atoms with van der Waals surface area (Å²) in [6, 6.07) is 19.3. The highest BCUT2D eigenvalue weighted by Crippen LogP contribution is 2.61. The molecule has 40 heavy (non-hydrogen) atoms. The molecule has 3 aromatic carbocycles. The highest BCUT2D eigenvalue weighted by atomic mass is 35.5. The van der Waals surface area contributed by atoms with Crippen molar-refractivity contribution in [2.24, 2.45) is 17.8 Å². The maximum absolute atomic E-state index is 14.0. The van der Waals surface area contributed by atoms with Gasteiger partial charge < -0.3 is 10.1 Å². The van der Waals surface area contributed by atoms with E-state index in [0.29, 0.717) is 5.02 Å². The van der Waals surface area contributed by atoms with E-state index in [1.165, 1.54) is 12.1 Å². The quantitative estimate of drug-likeness (QED) is 0.313. The van der Waals surface area contributed by atoms with Crippen LogP contribution in [0.3, 0.4) is 0 Å². The van der Waals surface area contributed by atoms with Crippen LogP contribution in [0.1, 0.15) is 47.9 Å². The molecule has 0 radical (unpaired) electrons. The van der Waals surface area contributed by atoms with E-state index in [2.05, 4.69) is 5.32 Å². The van der Waals surface area contributed by atoms with Crippen molar-refractivity contribution in [3.63, 3.8) is 0 Å². The summed E-state index contributed by atoms with van der Waals surface area (Å²) in [5.74, 6) is -4.40. The largest absolute Gasteiger partial charge is 0.454 e. The number of carbonyl (C=O) groups is 4. The predicted molar refractivity (Wildman–Crippen MR) is 150 cm³/mol. The molecule has 1 heterocycles. The molecule has 3 aromatic rings. The van der Waals surface area contributed by atoms with Gasteiger partial charge in [0.1, 0.15) is 6.04 Å². The Bertz CT molecular complexity index is 1460. The second-order valence-corrected chi connectivity index (χ2v) is 11.6. The number of likely N-dealkylation sites (tertiary alicyclic amines) is 1. The summed E-state index contributed by atoms with van der Waals surface area (Å²) < 4.78 is 5.35. The minimum atomic E-state index is -1.17. The van der Waals surface area contributed by atoms with E-state index in [9.17, 15) is 19.2 Å². The lowest BCUT2D eigenvalue weighted by Crippen LogP contribution is -2.49. The van der Waals surface area contributed by atoms with Crippen LogP contribution in [0.15, 0.2) is 66.7 Å². The Morgan fingerprint density at radius 3 is 1.82 bits per heavy atom. The van der Waals surface area contributed by atoms with Crippen molar-refractivity contribution >= 4 is 52.6 Å². The summed E-state index contributed by atoms with van der Waals surface area (Å²) in [6.45, 7) is 2.88. The first kappa shape index (κ1) is 26.5. The van der Waals surface area contributed by atoms with Gasteiger partial charge in [-0.05, 0) is 46.4 Å². The molecule has 3 atom stereocenters. The molecule has 3 aliphatic carbocycles. The van der Waals surface area contributed by atoms with Crippen LogP contribution in [0.2, 0.25) is 10.0 Å². The monoisotopic (exact) mass is 576 g/mol. The first-order valence-electron chi connectivity index (χ1n) is 13.1. The Balaban J connectivity index is 1.26. The van der Waals surface area contributed by atoms with Crippen LogP contribution in [-0.4, -0.2) is 41.2 Å². The summed E-state index contributed by atoms with van der Waals surface area (Å²) in [6.07, 6.45) is 0. The van der Waals surface area contributed by atoms with Gasteiger partial charge in [0.15, 0.2) is 6.61 Å². The van der Waals surface area contributed by atoms with Gasteiger partial charge >= 0.3 is 5.97 Å². The molecule has 7 rings (SSSR count). The molecule has 4 aliphatic rings. The zero-order chi connectivity index (χ0) is 28.3. The maximum atomic E-state index is 14.0. The summed E-state index contributed by atoms with van der Waals surface area (Å²) in [7, 11) is 0. The summed E-state index contributed by atoms with van der Waals surface area (Å²) in [5, 5.41) is 3.21. The Hall–Kier alpha value is -3.68. The number of hydrogen-bond acceptors (Lipinski definition) is 5. The number of hydrogen-bond donors (Lipinski definition) is 1. The number of nitrogens with one attached hydrogen (secondary N) is 1. The minimum Gasteiger partial charge on any atom is -0.454 e. The maximum Gasteiger partial charge on any atom is 0.330 e. The lowest BCUT2D eigenvalue weighted by Gasteiger charge is -2.45. The fraction of sp³-hybridized carbons (Fsp3) is 0.290. The summed E-state index contributed by atoms with van der Waals surface area (Å²) in [5.41, 5.74) is 4.48. The van der Waals surface area contributed by atoms with E-state index in [1.807, 2.05) is 48.5 Å². The molecule has 0 saturated carbocycles. The van der Waals surface area contributed by atoms with Gasteiger partial charge in [-0.1, -0.05) is 85.6 Å². The molecule has 204 valence electrons. The van der Waals surface area contributed by atoms with Crippen molar-refractivity contribution in [2.75, 3.05) is 11.9 Å². The molecule has 0 aromatic heterocycles. The van der Waals surface area contributed by atoms with Crippen LogP contribution in [0.5, 0.6) is 0 Å². The molecule has 7 nitrogen and oxygen atoms in total. The number of imide groups is 1. The lowest BCUT2D eigenvalue weighted by atomic mass is 9.55. The fourth-order valence-electron chi connectivity index (χ4n) is 6.65. The molecule has 0 spiro atoms. The van der Waals surface area contributed by atoms with Gasteiger partial charge in [0.05, 0.1) is 22.5 Å². The third-order valence-corrected chi connectivity index (χ3v) is 8.75. The van der Waals surface area contributed by atoms with E-state index in [0.717, 1.165) is 27.2 Å². The van der Waals surface area contributed by atoms with Crippen LogP contribution in [0, 0.1) is 17.8 Å². The SMILES string of the molecule is CC(C)[C@@H](C(=O)OCC(=O)Nc1cc(Cl)ccc1Cl)N1C(=O)[C@@H]2C3c4ccccc4C(c4ccccc43)[C@@H]2C1=O. The first-order chi connectivity index (χ1) is 19.2. The molecule has 3 amide bonds. The second kappa shape index (κ2) is 10.1.